The highest BCUT2D eigenvalue weighted by Gasteiger charge is 2.11. The summed E-state index contributed by atoms with van der Waals surface area (Å²) in [6, 6.07) is 11.4. The minimum absolute atomic E-state index is 0.367. The van der Waals surface area contributed by atoms with Gasteiger partial charge in [-0.1, -0.05) is 0 Å². The van der Waals surface area contributed by atoms with Gasteiger partial charge >= 0.3 is 0 Å². The van der Waals surface area contributed by atoms with Gasteiger partial charge in [-0.25, -0.2) is 4.98 Å². The Hall–Kier alpha value is -3.15. The van der Waals surface area contributed by atoms with Crippen molar-refractivity contribution in [3.8, 4) is 11.5 Å². The SMILES string of the molecule is NC(=O)c1ccc(-c2nc3cc(C(N)=O)ccc3o2)cc1. The van der Waals surface area contributed by atoms with E-state index >= 15 is 0 Å². The molecule has 0 saturated heterocycles. The molecule has 0 atom stereocenters. The van der Waals surface area contributed by atoms with Crippen LogP contribution in [0.25, 0.3) is 22.6 Å². The lowest BCUT2D eigenvalue weighted by molar-refractivity contribution is 0.0992. The molecule has 21 heavy (non-hydrogen) atoms. The first-order chi connectivity index (χ1) is 10.0. The van der Waals surface area contributed by atoms with Gasteiger partial charge in [0.15, 0.2) is 5.58 Å². The van der Waals surface area contributed by atoms with Crippen LogP contribution in [0.1, 0.15) is 20.7 Å². The predicted octanol–water partition coefficient (Wildman–Crippen LogP) is 1.69. The molecule has 2 amide bonds. The number of benzene rings is 2. The third-order valence-electron chi connectivity index (χ3n) is 3.09. The van der Waals surface area contributed by atoms with Crippen molar-refractivity contribution in [3.05, 3.63) is 53.6 Å². The number of oxazole rings is 1. The van der Waals surface area contributed by atoms with E-state index in [-0.39, 0.29) is 0 Å². The number of aromatic nitrogens is 1. The highest BCUT2D eigenvalue weighted by atomic mass is 16.3. The number of rotatable bonds is 3. The van der Waals surface area contributed by atoms with E-state index in [1.807, 2.05) is 0 Å². The summed E-state index contributed by atoms with van der Waals surface area (Å²) in [4.78, 5) is 26.5. The third-order valence-corrected chi connectivity index (χ3v) is 3.09. The number of nitrogens with zero attached hydrogens (tertiary/aromatic N) is 1. The normalized spacial score (nSPS) is 10.7. The minimum Gasteiger partial charge on any atom is -0.436 e. The average Bonchev–Trinajstić information content (AvgIpc) is 2.90. The molecule has 4 N–H and O–H groups in total. The molecule has 3 rings (SSSR count). The number of hydrogen-bond donors (Lipinski definition) is 2. The molecule has 104 valence electrons. The van der Waals surface area contributed by atoms with Gasteiger partial charge in [-0.15, -0.1) is 0 Å². The van der Waals surface area contributed by atoms with Crippen LogP contribution in [0.5, 0.6) is 0 Å². The molecule has 0 aliphatic rings. The highest BCUT2D eigenvalue weighted by molar-refractivity contribution is 5.96. The molecule has 0 spiro atoms. The molecule has 0 saturated carbocycles. The summed E-state index contributed by atoms with van der Waals surface area (Å²) in [7, 11) is 0. The number of carbonyl (C=O) groups excluding carboxylic acids is 2. The maximum absolute atomic E-state index is 11.1. The molecular formula is C15H11N3O3. The molecule has 3 aromatic rings. The predicted molar refractivity (Wildman–Crippen MR) is 76.5 cm³/mol. The van der Waals surface area contributed by atoms with Crippen LogP contribution in [0, 0.1) is 0 Å². The second kappa shape index (κ2) is 4.75. The van der Waals surface area contributed by atoms with Crippen LogP contribution in [0.2, 0.25) is 0 Å². The summed E-state index contributed by atoms with van der Waals surface area (Å²) < 4.78 is 5.61. The van der Waals surface area contributed by atoms with E-state index in [0.29, 0.717) is 33.7 Å². The van der Waals surface area contributed by atoms with E-state index < -0.39 is 11.8 Å². The van der Waals surface area contributed by atoms with Gasteiger partial charge in [0, 0.05) is 16.7 Å². The summed E-state index contributed by atoms with van der Waals surface area (Å²) in [5.41, 5.74) is 13.0. The van der Waals surface area contributed by atoms with Gasteiger partial charge in [0.2, 0.25) is 17.7 Å². The molecule has 0 radical (unpaired) electrons. The molecule has 6 nitrogen and oxygen atoms in total. The van der Waals surface area contributed by atoms with E-state index in [4.69, 9.17) is 15.9 Å². The van der Waals surface area contributed by atoms with Gasteiger partial charge in [0.25, 0.3) is 0 Å². The number of amides is 2. The molecule has 0 unspecified atom stereocenters. The minimum atomic E-state index is -0.521. The Bertz CT molecular complexity index is 850. The standard InChI is InChI=1S/C15H11N3O3/c16-13(19)8-1-3-9(4-2-8)15-18-11-7-10(14(17)20)5-6-12(11)21-15/h1-7H,(H2,16,19)(H2,17,20). The largest absolute Gasteiger partial charge is 0.436 e. The van der Waals surface area contributed by atoms with Crippen molar-refractivity contribution < 1.29 is 14.0 Å². The number of hydrogen-bond acceptors (Lipinski definition) is 4. The van der Waals surface area contributed by atoms with Crippen LogP contribution in [0.15, 0.2) is 46.9 Å². The molecule has 1 aromatic heterocycles. The van der Waals surface area contributed by atoms with Crippen molar-refractivity contribution in [3.63, 3.8) is 0 Å². The molecular weight excluding hydrogens is 270 g/mol. The smallest absolute Gasteiger partial charge is 0.248 e. The molecule has 6 heteroatoms. The monoisotopic (exact) mass is 281 g/mol. The van der Waals surface area contributed by atoms with Crippen LogP contribution < -0.4 is 11.5 Å². The van der Waals surface area contributed by atoms with Crippen molar-refractivity contribution in [2.75, 3.05) is 0 Å². The van der Waals surface area contributed by atoms with Crippen LogP contribution in [-0.4, -0.2) is 16.8 Å². The summed E-state index contributed by atoms with van der Waals surface area (Å²) in [5.74, 6) is -0.625. The van der Waals surface area contributed by atoms with E-state index in [1.54, 1.807) is 42.5 Å². The Morgan fingerprint density at radius 1 is 0.905 bits per heavy atom. The Labute approximate surface area is 119 Å². The topological polar surface area (TPSA) is 112 Å². The lowest BCUT2D eigenvalue weighted by Crippen LogP contribution is -2.10. The fourth-order valence-corrected chi connectivity index (χ4v) is 1.98. The van der Waals surface area contributed by atoms with Crippen molar-refractivity contribution in [2.24, 2.45) is 11.5 Å². The van der Waals surface area contributed by atoms with Gasteiger partial charge in [-0.3, -0.25) is 9.59 Å². The van der Waals surface area contributed by atoms with Crippen molar-refractivity contribution in [2.45, 2.75) is 0 Å². The summed E-state index contributed by atoms with van der Waals surface area (Å²) in [6.45, 7) is 0. The van der Waals surface area contributed by atoms with E-state index in [2.05, 4.69) is 4.98 Å². The first-order valence-electron chi connectivity index (χ1n) is 6.15. The summed E-state index contributed by atoms with van der Waals surface area (Å²) in [6.07, 6.45) is 0. The number of carbonyl (C=O) groups is 2. The zero-order valence-corrected chi connectivity index (χ0v) is 10.9. The fraction of sp³-hybridized carbons (Fsp3) is 0. The average molecular weight is 281 g/mol. The van der Waals surface area contributed by atoms with Gasteiger partial charge in [0.1, 0.15) is 5.52 Å². The zero-order valence-electron chi connectivity index (χ0n) is 10.9. The Balaban J connectivity index is 2.04. The second-order valence-corrected chi connectivity index (χ2v) is 4.51. The quantitative estimate of drug-likeness (QED) is 0.760. The molecule has 2 aromatic carbocycles. The molecule has 0 aliphatic carbocycles. The van der Waals surface area contributed by atoms with Crippen molar-refractivity contribution >= 4 is 22.9 Å². The van der Waals surface area contributed by atoms with Gasteiger partial charge in [0.05, 0.1) is 0 Å². The van der Waals surface area contributed by atoms with Crippen LogP contribution in [0.4, 0.5) is 0 Å². The van der Waals surface area contributed by atoms with Gasteiger partial charge < -0.3 is 15.9 Å². The lowest BCUT2D eigenvalue weighted by atomic mass is 10.1. The first kappa shape index (κ1) is 12.9. The number of primary amides is 2. The Kier molecular flexibility index (Phi) is 2.91. The summed E-state index contributed by atoms with van der Waals surface area (Å²) in [5, 5.41) is 0. The maximum Gasteiger partial charge on any atom is 0.248 e. The molecule has 0 aliphatic heterocycles. The van der Waals surface area contributed by atoms with Crippen LogP contribution >= 0.6 is 0 Å². The summed E-state index contributed by atoms with van der Waals surface area (Å²) >= 11 is 0. The Morgan fingerprint density at radius 2 is 1.52 bits per heavy atom. The lowest BCUT2D eigenvalue weighted by Gasteiger charge is -1.97. The van der Waals surface area contributed by atoms with Crippen molar-refractivity contribution in [1.29, 1.82) is 0 Å². The maximum atomic E-state index is 11.1. The fourth-order valence-electron chi connectivity index (χ4n) is 1.98. The van der Waals surface area contributed by atoms with E-state index in [0.717, 1.165) is 0 Å². The molecule has 1 heterocycles. The second-order valence-electron chi connectivity index (χ2n) is 4.51. The van der Waals surface area contributed by atoms with E-state index in [9.17, 15) is 9.59 Å². The first-order valence-corrected chi connectivity index (χ1v) is 6.15. The molecule has 0 fully saturated rings. The number of nitrogens with two attached hydrogens (primary N) is 2. The van der Waals surface area contributed by atoms with Gasteiger partial charge in [-0.05, 0) is 42.5 Å². The van der Waals surface area contributed by atoms with Crippen molar-refractivity contribution in [1.82, 2.24) is 4.98 Å². The van der Waals surface area contributed by atoms with Crippen LogP contribution in [0.3, 0.4) is 0 Å². The van der Waals surface area contributed by atoms with Crippen LogP contribution in [-0.2, 0) is 0 Å². The molecule has 0 bridgehead atoms. The van der Waals surface area contributed by atoms with E-state index in [1.165, 1.54) is 0 Å². The number of fused-ring (bicyclic) bond motifs is 1. The highest BCUT2D eigenvalue weighted by Crippen LogP contribution is 2.25. The third kappa shape index (κ3) is 2.34. The van der Waals surface area contributed by atoms with Gasteiger partial charge in [-0.2, -0.15) is 0 Å². The zero-order chi connectivity index (χ0) is 15.0. The Morgan fingerprint density at radius 3 is 2.14 bits per heavy atom.